The monoisotopic (exact) mass is 351 g/mol. The number of phenolic OH excluding ortho intramolecular Hbond substituents is 1. The molecule has 1 amide bonds. The molecule has 6 nitrogen and oxygen atoms in total. The highest BCUT2D eigenvalue weighted by Gasteiger charge is 2.17. The normalized spacial score (nSPS) is 11.9. The van der Waals surface area contributed by atoms with Gasteiger partial charge in [-0.2, -0.15) is 5.10 Å². The van der Waals surface area contributed by atoms with Crippen LogP contribution < -0.4 is 5.32 Å². The number of amides is 1. The quantitative estimate of drug-likeness (QED) is 0.611. The van der Waals surface area contributed by atoms with E-state index in [4.69, 9.17) is 4.74 Å². The summed E-state index contributed by atoms with van der Waals surface area (Å²) in [6.45, 7) is 0.404. The van der Waals surface area contributed by atoms with Gasteiger partial charge in [0.05, 0.1) is 18.3 Å². The van der Waals surface area contributed by atoms with Gasteiger partial charge in [0.25, 0.3) is 5.91 Å². The molecular formula is C20H21N3O3. The van der Waals surface area contributed by atoms with Gasteiger partial charge in [-0.05, 0) is 30.2 Å². The number of aromatic nitrogens is 2. The fourth-order valence-corrected chi connectivity index (χ4v) is 2.78. The first kappa shape index (κ1) is 17.7. The first-order chi connectivity index (χ1) is 12.7. The Labute approximate surface area is 151 Å². The summed E-state index contributed by atoms with van der Waals surface area (Å²) in [5.41, 5.74) is 2.53. The minimum Gasteiger partial charge on any atom is -0.507 e. The first-order valence-electron chi connectivity index (χ1n) is 8.35. The van der Waals surface area contributed by atoms with Crippen LogP contribution in [0.2, 0.25) is 0 Å². The highest BCUT2D eigenvalue weighted by atomic mass is 16.5. The maximum absolute atomic E-state index is 12.5. The number of phenols is 1. The van der Waals surface area contributed by atoms with Crippen molar-refractivity contribution in [2.24, 2.45) is 0 Å². The zero-order valence-electron chi connectivity index (χ0n) is 14.5. The number of hydrogen-bond donors (Lipinski definition) is 3. The van der Waals surface area contributed by atoms with Crippen molar-refractivity contribution >= 4 is 5.91 Å². The van der Waals surface area contributed by atoms with Crippen molar-refractivity contribution in [1.82, 2.24) is 15.5 Å². The van der Waals surface area contributed by atoms with E-state index in [1.54, 1.807) is 37.4 Å². The maximum atomic E-state index is 12.5. The summed E-state index contributed by atoms with van der Waals surface area (Å²) in [5, 5.41) is 19.7. The van der Waals surface area contributed by atoms with Crippen molar-refractivity contribution in [1.29, 1.82) is 0 Å². The summed E-state index contributed by atoms with van der Waals surface area (Å²) in [6, 6.07) is 18.2. The molecule has 26 heavy (non-hydrogen) atoms. The third-order valence-electron chi connectivity index (χ3n) is 4.03. The number of aromatic hydroxyl groups is 1. The van der Waals surface area contributed by atoms with Crippen LogP contribution in [0.25, 0.3) is 11.3 Å². The van der Waals surface area contributed by atoms with E-state index < -0.39 is 0 Å². The highest BCUT2D eigenvalue weighted by molar-refractivity contribution is 5.93. The van der Waals surface area contributed by atoms with Gasteiger partial charge in [0.2, 0.25) is 0 Å². The molecule has 0 aliphatic rings. The van der Waals surface area contributed by atoms with Crippen molar-refractivity contribution < 1.29 is 14.6 Å². The van der Waals surface area contributed by atoms with Gasteiger partial charge in [-0.25, -0.2) is 0 Å². The lowest BCUT2D eigenvalue weighted by Crippen LogP contribution is -2.39. The number of rotatable bonds is 7. The van der Waals surface area contributed by atoms with Crippen molar-refractivity contribution in [3.63, 3.8) is 0 Å². The number of nitrogens with one attached hydrogen (secondary N) is 2. The zero-order chi connectivity index (χ0) is 18.4. The van der Waals surface area contributed by atoms with Gasteiger partial charge in [0.15, 0.2) is 0 Å². The van der Waals surface area contributed by atoms with E-state index in [1.807, 2.05) is 30.3 Å². The van der Waals surface area contributed by atoms with E-state index in [9.17, 15) is 9.90 Å². The number of para-hydroxylation sites is 1. The number of nitrogens with zero attached hydrogens (tertiary/aromatic N) is 1. The fourth-order valence-electron chi connectivity index (χ4n) is 2.78. The Balaban J connectivity index is 1.71. The minimum atomic E-state index is -0.267. The predicted molar refractivity (Wildman–Crippen MR) is 99.0 cm³/mol. The van der Waals surface area contributed by atoms with Crippen LogP contribution >= 0.6 is 0 Å². The number of carbonyl (C=O) groups excluding carboxylic acids is 1. The molecule has 1 aromatic heterocycles. The Hall–Kier alpha value is -3.12. The summed E-state index contributed by atoms with van der Waals surface area (Å²) < 4.78 is 5.23. The molecule has 3 aromatic rings. The van der Waals surface area contributed by atoms with Crippen molar-refractivity contribution in [2.45, 2.75) is 12.5 Å². The van der Waals surface area contributed by atoms with Crippen LogP contribution in [0.4, 0.5) is 0 Å². The SMILES string of the molecule is COC[C@H](Cc1ccccc1)NC(=O)c1cc(-c2ccccc2O)n[nH]1. The summed E-state index contributed by atoms with van der Waals surface area (Å²) >= 11 is 0. The highest BCUT2D eigenvalue weighted by Crippen LogP contribution is 2.27. The molecule has 0 aliphatic heterocycles. The van der Waals surface area contributed by atoms with E-state index in [0.717, 1.165) is 5.56 Å². The van der Waals surface area contributed by atoms with Crippen LogP contribution in [0.1, 0.15) is 16.1 Å². The van der Waals surface area contributed by atoms with E-state index in [-0.39, 0.29) is 17.7 Å². The lowest BCUT2D eigenvalue weighted by atomic mass is 10.1. The average Bonchev–Trinajstić information content (AvgIpc) is 3.13. The molecule has 1 atom stereocenters. The van der Waals surface area contributed by atoms with Crippen molar-refractivity contribution in [3.05, 3.63) is 71.9 Å². The third kappa shape index (κ3) is 4.29. The van der Waals surface area contributed by atoms with Crippen LogP contribution in [0.15, 0.2) is 60.7 Å². The Morgan fingerprint density at radius 1 is 1.19 bits per heavy atom. The van der Waals surface area contributed by atoms with E-state index in [0.29, 0.717) is 30.0 Å². The van der Waals surface area contributed by atoms with Crippen LogP contribution in [-0.4, -0.2) is 41.0 Å². The summed E-state index contributed by atoms with van der Waals surface area (Å²) in [7, 11) is 1.61. The van der Waals surface area contributed by atoms with Gasteiger partial charge in [-0.15, -0.1) is 0 Å². The van der Waals surface area contributed by atoms with E-state index in [1.165, 1.54) is 0 Å². The number of ether oxygens (including phenoxy) is 1. The molecule has 1 heterocycles. The van der Waals surface area contributed by atoms with Gasteiger partial charge < -0.3 is 15.2 Å². The number of carbonyl (C=O) groups is 1. The summed E-state index contributed by atoms with van der Waals surface area (Å²) in [6.07, 6.45) is 0.668. The molecule has 0 saturated heterocycles. The molecule has 2 aromatic carbocycles. The van der Waals surface area contributed by atoms with Crippen molar-refractivity contribution in [2.75, 3.05) is 13.7 Å². The molecule has 0 spiro atoms. The third-order valence-corrected chi connectivity index (χ3v) is 4.03. The predicted octanol–water partition coefficient (Wildman–Crippen LogP) is 2.77. The standard InChI is InChI=1S/C20H21N3O3/c1-26-13-15(11-14-7-3-2-4-8-14)21-20(25)18-12-17(22-23-18)16-9-5-6-10-19(16)24/h2-10,12,15,24H,11,13H2,1H3,(H,21,25)(H,22,23)/t15-/m0/s1. The number of methoxy groups -OCH3 is 1. The molecular weight excluding hydrogens is 330 g/mol. The van der Waals surface area contributed by atoms with Crippen LogP contribution in [0.5, 0.6) is 5.75 Å². The second kappa shape index (κ2) is 8.31. The molecule has 0 fully saturated rings. The van der Waals surface area contributed by atoms with Crippen molar-refractivity contribution in [3.8, 4) is 17.0 Å². The molecule has 134 valence electrons. The van der Waals surface area contributed by atoms with Crippen LogP contribution in [-0.2, 0) is 11.2 Å². The van der Waals surface area contributed by atoms with Crippen LogP contribution in [0.3, 0.4) is 0 Å². The summed E-state index contributed by atoms with van der Waals surface area (Å²) in [5.74, 6) is -0.149. The summed E-state index contributed by atoms with van der Waals surface area (Å²) in [4.78, 5) is 12.5. The Bertz CT molecular complexity index is 862. The van der Waals surface area contributed by atoms with Gasteiger partial charge in [-0.3, -0.25) is 9.89 Å². The molecule has 0 bridgehead atoms. The molecule has 0 unspecified atom stereocenters. The van der Waals surface area contributed by atoms with Gasteiger partial charge in [0, 0.05) is 12.7 Å². The Morgan fingerprint density at radius 2 is 1.92 bits per heavy atom. The van der Waals surface area contributed by atoms with Gasteiger partial charge in [0.1, 0.15) is 11.4 Å². The van der Waals surface area contributed by atoms with Gasteiger partial charge >= 0.3 is 0 Å². The van der Waals surface area contributed by atoms with E-state index >= 15 is 0 Å². The second-order valence-electron chi connectivity index (χ2n) is 6.00. The lowest BCUT2D eigenvalue weighted by molar-refractivity contribution is 0.0892. The number of H-pyrrole nitrogens is 1. The average molecular weight is 351 g/mol. The molecule has 0 aliphatic carbocycles. The van der Waals surface area contributed by atoms with Crippen LogP contribution in [0, 0.1) is 0 Å². The topological polar surface area (TPSA) is 87.2 Å². The molecule has 0 saturated carbocycles. The zero-order valence-corrected chi connectivity index (χ0v) is 14.5. The fraction of sp³-hybridized carbons (Fsp3) is 0.200. The largest absolute Gasteiger partial charge is 0.507 e. The number of hydrogen-bond acceptors (Lipinski definition) is 4. The molecule has 0 radical (unpaired) electrons. The smallest absolute Gasteiger partial charge is 0.269 e. The van der Waals surface area contributed by atoms with Gasteiger partial charge in [-0.1, -0.05) is 42.5 Å². The molecule has 3 N–H and O–H groups in total. The minimum absolute atomic E-state index is 0.118. The Kier molecular flexibility index (Phi) is 5.66. The number of aromatic amines is 1. The lowest BCUT2D eigenvalue weighted by Gasteiger charge is -2.17. The maximum Gasteiger partial charge on any atom is 0.269 e. The Morgan fingerprint density at radius 3 is 2.65 bits per heavy atom. The molecule has 3 rings (SSSR count). The molecule has 6 heteroatoms. The number of benzene rings is 2. The second-order valence-corrected chi connectivity index (χ2v) is 6.00. The first-order valence-corrected chi connectivity index (χ1v) is 8.35. The van der Waals surface area contributed by atoms with E-state index in [2.05, 4.69) is 15.5 Å².